The third-order valence-corrected chi connectivity index (χ3v) is 6.89. The van der Waals surface area contributed by atoms with Crippen LogP contribution in [0.15, 0.2) is 72.1 Å². The molecule has 3 aromatic rings. The molecular weight excluding hydrogens is 563 g/mol. The molecule has 0 spiro atoms. The van der Waals surface area contributed by atoms with Crippen LogP contribution in [0.5, 0.6) is 23.0 Å². The average molecular weight is 594 g/mol. The lowest BCUT2D eigenvalue weighted by molar-refractivity contribution is -0.128. The number of benzene rings is 3. The van der Waals surface area contributed by atoms with E-state index in [2.05, 4.69) is 19.9 Å². The number of ether oxygens (including phenoxy) is 4. The summed E-state index contributed by atoms with van der Waals surface area (Å²) in [5.41, 5.74) is 8.53. The molecule has 1 heterocycles. The summed E-state index contributed by atoms with van der Waals surface area (Å²) in [7, 11) is 0. The van der Waals surface area contributed by atoms with E-state index >= 15 is 0 Å². The van der Waals surface area contributed by atoms with Crippen LogP contribution >= 0.6 is 23.2 Å². The van der Waals surface area contributed by atoms with Gasteiger partial charge < -0.3 is 24.7 Å². The van der Waals surface area contributed by atoms with Crippen LogP contribution in [0.3, 0.4) is 0 Å². The van der Waals surface area contributed by atoms with E-state index in [9.17, 15) is 10.1 Å². The number of nitriles is 1. The van der Waals surface area contributed by atoms with E-state index in [4.69, 9.17) is 47.9 Å². The van der Waals surface area contributed by atoms with Crippen LogP contribution in [-0.4, -0.2) is 19.2 Å². The van der Waals surface area contributed by atoms with E-state index in [1.807, 2.05) is 25.1 Å². The molecule has 0 saturated carbocycles. The van der Waals surface area contributed by atoms with Crippen molar-refractivity contribution in [2.45, 2.75) is 33.1 Å². The second kappa shape index (κ2) is 13.5. The number of esters is 1. The highest BCUT2D eigenvalue weighted by Gasteiger charge is 2.31. The Morgan fingerprint density at radius 2 is 1.90 bits per heavy atom. The number of hydrogen-bond acceptors (Lipinski definition) is 7. The predicted octanol–water partition coefficient (Wildman–Crippen LogP) is 7.65. The summed E-state index contributed by atoms with van der Waals surface area (Å²) in [6, 6.07) is 17.7. The van der Waals surface area contributed by atoms with Gasteiger partial charge in [0.2, 0.25) is 5.88 Å². The van der Waals surface area contributed by atoms with Gasteiger partial charge in [-0.1, -0.05) is 55.2 Å². The zero-order valence-electron chi connectivity index (χ0n) is 22.9. The van der Waals surface area contributed by atoms with E-state index < -0.39 is 11.9 Å². The summed E-state index contributed by atoms with van der Waals surface area (Å²) in [6.07, 6.45) is 3.72. The Hall–Kier alpha value is -4.12. The third kappa shape index (κ3) is 7.35. The molecule has 0 fully saturated rings. The number of rotatable bonds is 10. The molecule has 7 nitrogen and oxygen atoms in total. The number of carbonyl (C=O) groups excluding carboxylic acids is 1. The number of hydrogen-bond donors (Lipinski definition) is 1. The van der Waals surface area contributed by atoms with E-state index in [-0.39, 0.29) is 17.2 Å². The van der Waals surface area contributed by atoms with Gasteiger partial charge in [0, 0.05) is 27.8 Å². The first-order chi connectivity index (χ1) is 19.7. The summed E-state index contributed by atoms with van der Waals surface area (Å²) in [4.78, 5) is 12.5. The van der Waals surface area contributed by atoms with Crippen LogP contribution in [-0.2, 0) is 4.79 Å². The molecule has 1 atom stereocenters. The minimum atomic E-state index is -0.612. The average Bonchev–Trinajstić information content (AvgIpc) is 2.92. The maximum absolute atomic E-state index is 12.5. The number of nitrogens with two attached hydrogens (primary N) is 1. The molecule has 0 aromatic heterocycles. The molecule has 0 saturated heterocycles. The maximum Gasteiger partial charge on any atom is 0.336 e. The topological polar surface area (TPSA) is 104 Å². The lowest BCUT2D eigenvalue weighted by atomic mass is 9.83. The molecule has 1 aliphatic rings. The highest BCUT2D eigenvalue weighted by atomic mass is 35.5. The SMILES string of the molecule is CCOc1cc(C2C(C#N)=C(N)Oc3cc(OC(=O)/C=C/c4ccc(Cl)cc4Cl)ccc32)ccc1OCCC(C)C. The molecule has 0 amide bonds. The molecule has 0 aliphatic carbocycles. The Morgan fingerprint density at radius 1 is 1.10 bits per heavy atom. The van der Waals surface area contributed by atoms with Gasteiger partial charge >= 0.3 is 5.97 Å². The molecular formula is C32H30Cl2N2O5. The third-order valence-electron chi connectivity index (χ3n) is 6.32. The molecule has 0 radical (unpaired) electrons. The van der Waals surface area contributed by atoms with Crippen LogP contribution in [0.4, 0.5) is 0 Å². The Morgan fingerprint density at radius 3 is 2.61 bits per heavy atom. The maximum atomic E-state index is 12.5. The molecule has 4 rings (SSSR count). The van der Waals surface area contributed by atoms with Gasteiger partial charge in [-0.15, -0.1) is 0 Å². The zero-order valence-corrected chi connectivity index (χ0v) is 24.5. The first kappa shape index (κ1) is 29.9. The van der Waals surface area contributed by atoms with Gasteiger partial charge in [0.05, 0.1) is 19.1 Å². The van der Waals surface area contributed by atoms with Crippen molar-refractivity contribution in [2.75, 3.05) is 13.2 Å². The van der Waals surface area contributed by atoms with E-state index in [1.165, 1.54) is 12.2 Å². The van der Waals surface area contributed by atoms with E-state index in [0.29, 0.717) is 57.6 Å². The van der Waals surface area contributed by atoms with Gasteiger partial charge in [-0.05, 0) is 66.8 Å². The van der Waals surface area contributed by atoms with E-state index in [1.54, 1.807) is 36.4 Å². The molecule has 2 N–H and O–H groups in total. The van der Waals surface area contributed by atoms with Gasteiger partial charge in [-0.25, -0.2) is 4.79 Å². The van der Waals surface area contributed by atoms with Crippen molar-refractivity contribution in [1.29, 1.82) is 5.26 Å². The Bertz CT molecular complexity index is 1540. The minimum Gasteiger partial charge on any atom is -0.490 e. The fraction of sp³-hybridized carbons (Fsp3) is 0.250. The smallest absolute Gasteiger partial charge is 0.336 e. The molecule has 3 aromatic carbocycles. The fourth-order valence-corrected chi connectivity index (χ4v) is 4.75. The standard InChI is InChI=1S/C32H30Cl2N2O5/c1-4-38-29-15-21(6-11-27(29)39-14-13-19(2)3)31-24-10-9-23(17-28(24)41-32(36)25(31)18-35)40-30(37)12-7-20-5-8-22(33)16-26(20)34/h5-12,15-17,19,31H,4,13-14,36H2,1-3H3/b12-7+. The van der Waals surface area contributed by atoms with Crippen LogP contribution in [0.1, 0.15) is 49.8 Å². The van der Waals surface area contributed by atoms with Gasteiger partial charge in [-0.2, -0.15) is 5.26 Å². The van der Waals surface area contributed by atoms with Crippen molar-refractivity contribution in [1.82, 2.24) is 0 Å². The number of fused-ring (bicyclic) bond motifs is 1. The monoisotopic (exact) mass is 592 g/mol. The van der Waals surface area contributed by atoms with Crippen LogP contribution in [0, 0.1) is 17.2 Å². The van der Waals surface area contributed by atoms with Gasteiger partial charge in [-0.3, -0.25) is 0 Å². The number of allylic oxidation sites excluding steroid dienone is 1. The molecule has 1 unspecified atom stereocenters. The highest BCUT2D eigenvalue weighted by molar-refractivity contribution is 6.35. The molecule has 9 heteroatoms. The Labute approximate surface area is 249 Å². The van der Waals surface area contributed by atoms with E-state index in [0.717, 1.165) is 12.0 Å². The van der Waals surface area contributed by atoms with Crippen molar-refractivity contribution in [3.8, 4) is 29.1 Å². The second-order valence-corrected chi connectivity index (χ2v) is 10.6. The minimum absolute atomic E-state index is 0.0269. The summed E-state index contributed by atoms with van der Waals surface area (Å²) in [5.74, 6) is 1.18. The molecule has 1 aliphatic heterocycles. The molecule has 41 heavy (non-hydrogen) atoms. The lowest BCUT2D eigenvalue weighted by Gasteiger charge is -2.27. The highest BCUT2D eigenvalue weighted by Crippen LogP contribution is 2.45. The molecule has 212 valence electrons. The summed E-state index contributed by atoms with van der Waals surface area (Å²) in [5, 5.41) is 10.9. The lowest BCUT2D eigenvalue weighted by Crippen LogP contribution is -2.21. The largest absolute Gasteiger partial charge is 0.490 e. The zero-order chi connectivity index (χ0) is 29.5. The number of nitrogens with zero attached hydrogens (tertiary/aromatic N) is 1. The first-order valence-corrected chi connectivity index (χ1v) is 13.9. The number of halogens is 2. The molecule has 0 bridgehead atoms. The summed E-state index contributed by atoms with van der Waals surface area (Å²) < 4.78 is 23.1. The Balaban J connectivity index is 1.60. The summed E-state index contributed by atoms with van der Waals surface area (Å²) >= 11 is 12.1. The van der Waals surface area contributed by atoms with Crippen molar-refractivity contribution in [3.05, 3.63) is 98.9 Å². The van der Waals surface area contributed by atoms with Crippen LogP contribution < -0.4 is 24.7 Å². The van der Waals surface area contributed by atoms with Crippen LogP contribution in [0.25, 0.3) is 6.08 Å². The van der Waals surface area contributed by atoms with Crippen molar-refractivity contribution >= 4 is 35.2 Å². The fourth-order valence-electron chi connectivity index (χ4n) is 4.28. The second-order valence-electron chi connectivity index (χ2n) is 9.71. The van der Waals surface area contributed by atoms with Crippen LogP contribution in [0.2, 0.25) is 10.0 Å². The first-order valence-electron chi connectivity index (χ1n) is 13.2. The van der Waals surface area contributed by atoms with Crippen molar-refractivity contribution in [2.24, 2.45) is 11.7 Å². The number of carbonyl (C=O) groups is 1. The van der Waals surface area contributed by atoms with Crippen molar-refractivity contribution < 1.29 is 23.7 Å². The quantitative estimate of drug-likeness (QED) is 0.146. The normalized spacial score (nSPS) is 14.4. The predicted molar refractivity (Wildman–Crippen MR) is 159 cm³/mol. The van der Waals surface area contributed by atoms with Crippen molar-refractivity contribution in [3.63, 3.8) is 0 Å². The summed E-state index contributed by atoms with van der Waals surface area (Å²) in [6.45, 7) is 7.19. The Kier molecular flexibility index (Phi) is 9.82. The van der Waals surface area contributed by atoms with Gasteiger partial charge in [0.1, 0.15) is 23.1 Å². The van der Waals surface area contributed by atoms with Gasteiger partial charge in [0.25, 0.3) is 0 Å². The van der Waals surface area contributed by atoms with Gasteiger partial charge in [0.15, 0.2) is 11.5 Å².